The highest BCUT2D eigenvalue weighted by Crippen LogP contribution is 2.53. The van der Waals surface area contributed by atoms with Gasteiger partial charge in [-0.1, -0.05) is 25.4 Å². The number of anilines is 3. The molecule has 6 rings (SSSR count). The van der Waals surface area contributed by atoms with Crippen molar-refractivity contribution in [3.8, 4) is 0 Å². The zero-order chi connectivity index (χ0) is 25.8. The third-order valence-electron chi connectivity index (χ3n) is 8.42. The van der Waals surface area contributed by atoms with Crippen molar-refractivity contribution in [2.75, 3.05) is 62.7 Å². The molecule has 1 N–H and O–H groups in total. The quantitative estimate of drug-likeness (QED) is 0.635. The molecule has 3 saturated heterocycles. The summed E-state index contributed by atoms with van der Waals surface area (Å²) in [7, 11) is 0. The number of amides is 2. The van der Waals surface area contributed by atoms with Crippen LogP contribution in [-0.4, -0.2) is 89.0 Å². The van der Waals surface area contributed by atoms with Crippen molar-refractivity contribution in [3.05, 3.63) is 35.2 Å². The Balaban J connectivity index is 1.14. The number of likely N-dealkylation sites (tertiary alicyclic amines) is 1. The van der Waals surface area contributed by atoms with Gasteiger partial charge in [0.2, 0.25) is 11.9 Å². The molecule has 2 amide bonds. The number of ether oxygens (including phenoxy) is 1. The molecule has 4 aliphatic rings. The molecule has 11 heteroatoms. The summed E-state index contributed by atoms with van der Waals surface area (Å²) in [5.41, 5.74) is 1.00. The summed E-state index contributed by atoms with van der Waals surface area (Å²) >= 11 is 6.56. The van der Waals surface area contributed by atoms with Gasteiger partial charge in [-0.3, -0.25) is 9.59 Å². The minimum Gasteiger partial charge on any atom is -0.378 e. The van der Waals surface area contributed by atoms with Gasteiger partial charge in [-0.15, -0.1) is 0 Å². The molecule has 196 valence electrons. The molecule has 0 spiro atoms. The van der Waals surface area contributed by atoms with Crippen LogP contribution in [0.1, 0.15) is 37.2 Å². The average molecular weight is 526 g/mol. The van der Waals surface area contributed by atoms with Gasteiger partial charge < -0.3 is 24.8 Å². The molecule has 1 saturated carbocycles. The molecule has 0 unspecified atom stereocenters. The molecule has 2 aromatic rings. The topological polar surface area (TPSA) is 104 Å². The summed E-state index contributed by atoms with van der Waals surface area (Å²) in [4.78, 5) is 44.8. The fraction of sp³-hybridized carbons (Fsp3) is 0.577. The third kappa shape index (κ3) is 4.50. The number of carbonyl (C=O) groups excluding carboxylic acids is 2. The van der Waals surface area contributed by atoms with Gasteiger partial charge in [-0.25, -0.2) is 9.97 Å². The predicted molar refractivity (Wildman–Crippen MR) is 139 cm³/mol. The molecule has 2 atom stereocenters. The lowest BCUT2D eigenvalue weighted by atomic mass is 9.71. The van der Waals surface area contributed by atoms with Crippen LogP contribution >= 0.6 is 11.6 Å². The zero-order valence-electron chi connectivity index (χ0n) is 21.2. The van der Waals surface area contributed by atoms with Gasteiger partial charge in [0.05, 0.1) is 31.3 Å². The first kappa shape index (κ1) is 24.4. The van der Waals surface area contributed by atoms with Crippen LogP contribution in [0, 0.1) is 16.7 Å². The van der Waals surface area contributed by atoms with Crippen molar-refractivity contribution in [3.63, 3.8) is 0 Å². The van der Waals surface area contributed by atoms with Crippen molar-refractivity contribution >= 4 is 40.9 Å². The van der Waals surface area contributed by atoms with E-state index in [9.17, 15) is 9.59 Å². The molecule has 10 nitrogen and oxygen atoms in total. The van der Waals surface area contributed by atoms with Gasteiger partial charge in [-0.05, 0) is 25.0 Å². The molecule has 3 aliphatic heterocycles. The molecular formula is C26H32ClN7O3. The molecule has 4 fully saturated rings. The number of hydrogen-bond donors (Lipinski definition) is 1. The molecule has 2 aromatic heterocycles. The molecule has 37 heavy (non-hydrogen) atoms. The Hall–Kier alpha value is -2.98. The fourth-order valence-corrected chi connectivity index (χ4v) is 6.06. The minimum atomic E-state index is -0.0983. The van der Waals surface area contributed by atoms with Crippen molar-refractivity contribution in [2.24, 2.45) is 16.7 Å². The first-order valence-corrected chi connectivity index (χ1v) is 13.3. The van der Waals surface area contributed by atoms with Crippen LogP contribution in [0.4, 0.5) is 17.5 Å². The van der Waals surface area contributed by atoms with Gasteiger partial charge in [0.15, 0.2) is 5.82 Å². The highest BCUT2D eigenvalue weighted by molar-refractivity contribution is 6.32. The largest absolute Gasteiger partial charge is 0.378 e. The molecule has 5 heterocycles. The highest BCUT2D eigenvalue weighted by atomic mass is 35.5. The number of carbonyl (C=O) groups is 2. The maximum Gasteiger partial charge on any atom is 0.272 e. The Labute approximate surface area is 221 Å². The number of fused-ring (bicyclic) bond motifs is 1. The van der Waals surface area contributed by atoms with E-state index in [4.69, 9.17) is 21.3 Å². The lowest BCUT2D eigenvalue weighted by Crippen LogP contribution is -2.41. The van der Waals surface area contributed by atoms with Gasteiger partial charge in [-0.2, -0.15) is 4.98 Å². The number of nitrogens with one attached hydrogen (secondary N) is 1. The fourth-order valence-electron chi connectivity index (χ4n) is 5.85. The van der Waals surface area contributed by atoms with Crippen LogP contribution in [-0.2, 0) is 9.53 Å². The van der Waals surface area contributed by atoms with E-state index in [2.05, 4.69) is 38.9 Å². The van der Waals surface area contributed by atoms with E-state index in [1.807, 2.05) is 0 Å². The summed E-state index contributed by atoms with van der Waals surface area (Å²) in [6.07, 6.45) is 5.28. The monoisotopic (exact) mass is 525 g/mol. The van der Waals surface area contributed by atoms with Crippen LogP contribution < -0.4 is 10.2 Å². The zero-order valence-corrected chi connectivity index (χ0v) is 22.0. The molecule has 1 aliphatic carbocycles. The second-order valence-electron chi connectivity index (χ2n) is 11.3. The SMILES string of the molecule is C[C@@]12CN(C(=O)C3CC3)C[C@]1(C)CN(c1nc(Nc3ccc(C(=O)N4CCOCC4)nc3)ncc1Cl)C2. The number of hydrogen-bond acceptors (Lipinski definition) is 8. The maximum absolute atomic E-state index is 12.7. The van der Waals surface area contributed by atoms with Crippen LogP contribution in [0.15, 0.2) is 24.5 Å². The standard InChI is InChI=1S/C26H32ClN7O3/c1-25-13-33(14-26(25,2)16-34(15-25)22(35)17-3-4-17)21-19(27)12-29-24(31-21)30-18-5-6-20(28-11-18)23(36)32-7-9-37-10-8-32/h5-6,11-12,17H,3-4,7-10,13-16H2,1-2H3,(H,29,30,31)/t25-,26+. The number of halogens is 1. The van der Waals surface area contributed by atoms with E-state index in [1.54, 1.807) is 29.4 Å². The maximum atomic E-state index is 12.7. The van der Waals surface area contributed by atoms with E-state index in [0.717, 1.165) is 39.0 Å². The molecule has 0 radical (unpaired) electrons. The Kier molecular flexibility index (Phi) is 5.99. The third-order valence-corrected chi connectivity index (χ3v) is 8.68. The number of pyridine rings is 1. The second kappa shape index (κ2) is 9.09. The Morgan fingerprint density at radius 2 is 1.70 bits per heavy atom. The first-order valence-electron chi connectivity index (χ1n) is 12.9. The number of morpholine rings is 1. The summed E-state index contributed by atoms with van der Waals surface area (Å²) in [5, 5.41) is 3.68. The molecular weight excluding hydrogens is 494 g/mol. The number of rotatable bonds is 5. The van der Waals surface area contributed by atoms with E-state index >= 15 is 0 Å². The smallest absolute Gasteiger partial charge is 0.272 e. The van der Waals surface area contributed by atoms with Crippen LogP contribution in [0.3, 0.4) is 0 Å². The lowest BCUT2D eigenvalue weighted by molar-refractivity contribution is -0.132. The van der Waals surface area contributed by atoms with E-state index in [-0.39, 0.29) is 22.7 Å². The van der Waals surface area contributed by atoms with Crippen molar-refractivity contribution in [2.45, 2.75) is 26.7 Å². The van der Waals surface area contributed by atoms with Gasteiger partial charge in [0.25, 0.3) is 5.91 Å². The van der Waals surface area contributed by atoms with Gasteiger partial charge in [0.1, 0.15) is 10.7 Å². The van der Waals surface area contributed by atoms with Crippen molar-refractivity contribution < 1.29 is 14.3 Å². The van der Waals surface area contributed by atoms with Crippen LogP contribution in [0.2, 0.25) is 5.02 Å². The average Bonchev–Trinajstić information content (AvgIpc) is 3.66. The summed E-state index contributed by atoms with van der Waals surface area (Å²) in [5.74, 6) is 1.56. The second-order valence-corrected chi connectivity index (χ2v) is 11.7. The number of aromatic nitrogens is 3. The van der Waals surface area contributed by atoms with E-state index in [1.165, 1.54) is 0 Å². The normalized spacial score (nSPS) is 27.4. The minimum absolute atomic E-state index is 0.0355. The Morgan fingerprint density at radius 3 is 2.32 bits per heavy atom. The van der Waals surface area contributed by atoms with E-state index in [0.29, 0.717) is 60.4 Å². The van der Waals surface area contributed by atoms with Crippen molar-refractivity contribution in [1.82, 2.24) is 24.8 Å². The summed E-state index contributed by atoms with van der Waals surface area (Å²) < 4.78 is 5.32. The van der Waals surface area contributed by atoms with Crippen LogP contribution in [0.5, 0.6) is 0 Å². The lowest BCUT2D eigenvalue weighted by Gasteiger charge is -2.29. The predicted octanol–water partition coefficient (Wildman–Crippen LogP) is 2.83. The highest BCUT2D eigenvalue weighted by Gasteiger charge is 2.59. The summed E-state index contributed by atoms with van der Waals surface area (Å²) in [6.45, 7) is 9.87. The van der Waals surface area contributed by atoms with Gasteiger partial charge >= 0.3 is 0 Å². The molecule has 0 bridgehead atoms. The first-order chi connectivity index (χ1) is 17.7. The Bertz CT molecular complexity index is 1200. The number of nitrogens with zero attached hydrogens (tertiary/aromatic N) is 6. The Morgan fingerprint density at radius 1 is 1.00 bits per heavy atom. The summed E-state index contributed by atoms with van der Waals surface area (Å²) in [6, 6.07) is 3.50. The van der Waals surface area contributed by atoms with E-state index < -0.39 is 0 Å². The van der Waals surface area contributed by atoms with Crippen molar-refractivity contribution in [1.29, 1.82) is 0 Å². The van der Waals surface area contributed by atoms with Crippen LogP contribution in [0.25, 0.3) is 0 Å². The molecule has 0 aromatic carbocycles. The van der Waals surface area contributed by atoms with Gasteiger partial charge in [0, 0.05) is 56.0 Å².